The molecule has 9 heteroatoms. The van der Waals surface area contributed by atoms with Gasteiger partial charge in [0.1, 0.15) is 11.4 Å². The Morgan fingerprint density at radius 3 is 2.32 bits per heavy atom. The van der Waals surface area contributed by atoms with Gasteiger partial charge in [-0.2, -0.15) is 0 Å². The number of hydrogen-bond donors (Lipinski definition) is 2. The molecule has 3 aromatic carbocycles. The largest absolute Gasteiger partial charge is 0.332 e. The molecule has 0 radical (unpaired) electrons. The molecule has 0 spiro atoms. The Bertz CT molecular complexity index is 1230. The van der Waals surface area contributed by atoms with Crippen molar-refractivity contribution in [2.45, 2.75) is 0 Å². The van der Waals surface area contributed by atoms with E-state index in [0.717, 1.165) is 11.3 Å². The van der Waals surface area contributed by atoms with Crippen LogP contribution in [-0.2, 0) is 0 Å². The maximum Gasteiger partial charge on any atom is 0.191 e. The van der Waals surface area contributed by atoms with Crippen molar-refractivity contribution >= 4 is 73.4 Å². The fourth-order valence-electron chi connectivity index (χ4n) is 2.66. The second-order valence-electron chi connectivity index (χ2n) is 6.28. The maximum absolute atomic E-state index is 6.21. The van der Waals surface area contributed by atoms with Crippen molar-refractivity contribution < 1.29 is 0 Å². The first kappa shape index (κ1) is 21.4. The Kier molecular flexibility index (Phi) is 6.89. The van der Waals surface area contributed by atoms with E-state index in [0.29, 0.717) is 36.7 Å². The van der Waals surface area contributed by atoms with Gasteiger partial charge in [0, 0.05) is 16.3 Å². The van der Waals surface area contributed by atoms with Crippen LogP contribution in [0.4, 0.5) is 21.5 Å². The van der Waals surface area contributed by atoms with Crippen LogP contribution in [0.25, 0.3) is 11.3 Å². The normalized spacial score (nSPS) is 10.9. The predicted octanol–water partition coefficient (Wildman–Crippen LogP) is 8.34. The maximum atomic E-state index is 6.21. The summed E-state index contributed by atoms with van der Waals surface area (Å²) in [6.45, 7) is 0. The first-order valence-corrected chi connectivity index (χ1v) is 11.1. The zero-order chi connectivity index (χ0) is 21.6. The highest BCUT2D eigenvalue weighted by Crippen LogP contribution is 2.40. The van der Waals surface area contributed by atoms with E-state index in [9.17, 15) is 0 Å². The third kappa shape index (κ3) is 5.65. The lowest BCUT2D eigenvalue weighted by Crippen LogP contribution is -2.18. The molecule has 31 heavy (non-hydrogen) atoms. The van der Waals surface area contributed by atoms with Crippen molar-refractivity contribution in [2.24, 2.45) is 10.2 Å². The molecule has 4 rings (SSSR count). The first-order chi connectivity index (χ1) is 15.1. The predicted molar refractivity (Wildman–Crippen MR) is 134 cm³/mol. The Morgan fingerprint density at radius 1 is 0.871 bits per heavy atom. The number of rotatable bonds is 5. The summed E-state index contributed by atoms with van der Waals surface area (Å²) in [4.78, 5) is 4.68. The summed E-state index contributed by atoms with van der Waals surface area (Å²) in [5.41, 5.74) is 2.98. The molecule has 0 atom stereocenters. The lowest BCUT2D eigenvalue weighted by molar-refractivity contribution is 1.24. The number of azo groups is 1. The highest BCUT2D eigenvalue weighted by molar-refractivity contribution is 7.80. The van der Waals surface area contributed by atoms with Crippen LogP contribution >= 0.6 is 46.8 Å². The zero-order valence-electron chi connectivity index (χ0n) is 15.9. The van der Waals surface area contributed by atoms with Crippen LogP contribution in [0.15, 0.2) is 89.1 Å². The van der Waals surface area contributed by atoms with Crippen LogP contribution < -0.4 is 10.6 Å². The summed E-state index contributed by atoms with van der Waals surface area (Å²) in [5, 5.41) is 17.6. The van der Waals surface area contributed by atoms with Crippen LogP contribution in [-0.4, -0.2) is 10.1 Å². The summed E-state index contributed by atoms with van der Waals surface area (Å²) in [6.07, 6.45) is 0. The van der Waals surface area contributed by atoms with Gasteiger partial charge in [-0.25, -0.2) is 4.98 Å². The Hall–Kier alpha value is -2.84. The molecule has 4 aromatic rings. The lowest BCUT2D eigenvalue weighted by Gasteiger charge is -2.07. The van der Waals surface area contributed by atoms with Gasteiger partial charge in [0.15, 0.2) is 15.2 Å². The molecule has 0 saturated carbocycles. The highest BCUT2D eigenvalue weighted by atomic mass is 35.5. The average molecular weight is 484 g/mol. The summed E-state index contributed by atoms with van der Waals surface area (Å²) in [7, 11) is 0. The first-order valence-electron chi connectivity index (χ1n) is 9.14. The van der Waals surface area contributed by atoms with Crippen molar-refractivity contribution in [1.82, 2.24) is 4.98 Å². The van der Waals surface area contributed by atoms with Gasteiger partial charge >= 0.3 is 0 Å². The lowest BCUT2D eigenvalue weighted by atomic mass is 10.2. The molecule has 154 valence electrons. The Morgan fingerprint density at radius 2 is 1.58 bits per heavy atom. The van der Waals surface area contributed by atoms with Gasteiger partial charge in [0.25, 0.3) is 0 Å². The average Bonchev–Trinajstić information content (AvgIpc) is 3.18. The van der Waals surface area contributed by atoms with Gasteiger partial charge in [0.05, 0.1) is 5.02 Å². The van der Waals surface area contributed by atoms with E-state index in [1.165, 1.54) is 11.3 Å². The van der Waals surface area contributed by atoms with E-state index in [2.05, 4.69) is 25.8 Å². The van der Waals surface area contributed by atoms with Crippen LogP contribution in [0.3, 0.4) is 0 Å². The van der Waals surface area contributed by atoms with Gasteiger partial charge in [0.2, 0.25) is 0 Å². The molecule has 0 amide bonds. The third-order valence-electron chi connectivity index (χ3n) is 4.07. The quantitative estimate of drug-likeness (QED) is 0.221. The summed E-state index contributed by atoms with van der Waals surface area (Å²) in [6, 6.07) is 24.5. The minimum absolute atomic E-state index is 0.431. The molecule has 0 unspecified atom stereocenters. The molecule has 0 bridgehead atoms. The van der Waals surface area contributed by atoms with Gasteiger partial charge in [-0.3, -0.25) is 0 Å². The zero-order valence-corrected chi connectivity index (χ0v) is 19.1. The van der Waals surface area contributed by atoms with Gasteiger partial charge < -0.3 is 10.6 Å². The number of thiazole rings is 1. The number of nitrogens with zero attached hydrogens (tertiary/aromatic N) is 3. The fourth-order valence-corrected chi connectivity index (χ4v) is 4.08. The molecular weight excluding hydrogens is 469 g/mol. The standard InChI is InChI=1S/C22H15Cl2N5S2/c23-15-11-12-17(24)18(13-15)28-29-20-19(14-7-3-1-4-8-14)26-22(31-20)27-21(30)25-16-9-5-2-6-10-16/h1-13H,(H2,25,26,27,30). The number of halogens is 2. The SMILES string of the molecule is S=C(Nc1ccccc1)Nc1nc(-c2ccccc2)c(N=Nc2cc(Cl)ccc2Cl)s1. The molecule has 0 aliphatic heterocycles. The molecule has 1 aromatic heterocycles. The van der Waals surface area contributed by atoms with Crippen LogP contribution in [0.1, 0.15) is 0 Å². The van der Waals surface area contributed by atoms with E-state index in [1.807, 2.05) is 60.7 Å². The van der Waals surface area contributed by atoms with E-state index < -0.39 is 0 Å². The summed E-state index contributed by atoms with van der Waals surface area (Å²) < 4.78 is 0. The van der Waals surface area contributed by atoms with Crippen LogP contribution in [0, 0.1) is 0 Å². The highest BCUT2D eigenvalue weighted by Gasteiger charge is 2.14. The molecule has 0 fully saturated rings. The second-order valence-corrected chi connectivity index (χ2v) is 8.51. The van der Waals surface area contributed by atoms with Gasteiger partial charge in [-0.15, -0.1) is 10.2 Å². The number of aromatic nitrogens is 1. The van der Waals surface area contributed by atoms with Crippen molar-refractivity contribution in [3.8, 4) is 11.3 Å². The number of hydrogen-bond acceptors (Lipinski definition) is 5. The Balaban J connectivity index is 1.62. The molecule has 1 heterocycles. The molecular formula is C22H15Cl2N5S2. The third-order valence-corrected chi connectivity index (χ3v) is 5.68. The van der Waals surface area contributed by atoms with Crippen molar-refractivity contribution in [3.63, 3.8) is 0 Å². The summed E-state index contributed by atoms with van der Waals surface area (Å²) in [5.74, 6) is 0. The second kappa shape index (κ2) is 9.98. The van der Waals surface area contributed by atoms with Crippen molar-refractivity contribution in [1.29, 1.82) is 0 Å². The minimum Gasteiger partial charge on any atom is -0.332 e. The smallest absolute Gasteiger partial charge is 0.191 e. The van der Waals surface area contributed by atoms with Gasteiger partial charge in [-0.1, -0.05) is 83.1 Å². The van der Waals surface area contributed by atoms with Gasteiger partial charge in [-0.05, 0) is 42.5 Å². The molecule has 0 aliphatic carbocycles. The monoisotopic (exact) mass is 483 g/mol. The molecule has 5 nitrogen and oxygen atoms in total. The fraction of sp³-hybridized carbons (Fsp3) is 0. The number of thiocarbonyl (C=S) groups is 1. The van der Waals surface area contributed by atoms with E-state index in [-0.39, 0.29) is 0 Å². The van der Waals surface area contributed by atoms with E-state index in [1.54, 1.807) is 18.2 Å². The van der Waals surface area contributed by atoms with E-state index >= 15 is 0 Å². The van der Waals surface area contributed by atoms with Crippen molar-refractivity contribution in [3.05, 3.63) is 88.9 Å². The molecule has 0 saturated heterocycles. The molecule has 0 aliphatic rings. The number of benzene rings is 3. The molecule has 2 N–H and O–H groups in total. The summed E-state index contributed by atoms with van der Waals surface area (Å²) >= 11 is 19.0. The topological polar surface area (TPSA) is 61.7 Å². The number of nitrogens with one attached hydrogen (secondary N) is 2. The number of anilines is 2. The van der Waals surface area contributed by atoms with E-state index in [4.69, 9.17) is 35.4 Å². The number of para-hydroxylation sites is 1. The van der Waals surface area contributed by atoms with Crippen LogP contribution in [0.5, 0.6) is 0 Å². The van der Waals surface area contributed by atoms with Crippen molar-refractivity contribution in [2.75, 3.05) is 10.6 Å². The minimum atomic E-state index is 0.431. The Labute approximate surface area is 198 Å². The van der Waals surface area contributed by atoms with Crippen LogP contribution in [0.2, 0.25) is 10.0 Å².